The minimum absolute atomic E-state index is 0.00930. The van der Waals surface area contributed by atoms with Crippen molar-refractivity contribution < 1.29 is 17.9 Å². The monoisotopic (exact) mass is 428 g/mol. The van der Waals surface area contributed by atoms with E-state index in [1.807, 2.05) is 0 Å². The Hall–Kier alpha value is -3.64. The van der Waals surface area contributed by atoms with E-state index < -0.39 is 16.0 Å². The van der Waals surface area contributed by atoms with Gasteiger partial charge in [-0.3, -0.25) is 4.72 Å². The number of hydrogen-bond acceptors (Lipinski definition) is 9. The fourth-order valence-corrected chi connectivity index (χ4v) is 4.12. The van der Waals surface area contributed by atoms with E-state index in [-0.39, 0.29) is 15.6 Å². The summed E-state index contributed by atoms with van der Waals surface area (Å²) in [5.74, 6) is -0.286. The Labute approximate surface area is 168 Å². The van der Waals surface area contributed by atoms with E-state index in [1.54, 1.807) is 29.6 Å². The van der Waals surface area contributed by atoms with Gasteiger partial charge in [0.2, 0.25) is 0 Å². The summed E-state index contributed by atoms with van der Waals surface area (Å²) in [6.07, 6.45) is 2.94. The Kier molecular flexibility index (Phi) is 5.01. The maximum absolute atomic E-state index is 12.3. The van der Waals surface area contributed by atoms with Crippen LogP contribution in [-0.4, -0.2) is 39.6 Å². The van der Waals surface area contributed by atoms with Crippen LogP contribution in [0, 0.1) is 0 Å². The van der Waals surface area contributed by atoms with Crippen LogP contribution in [0.2, 0.25) is 0 Å². The zero-order valence-corrected chi connectivity index (χ0v) is 16.2. The van der Waals surface area contributed by atoms with Crippen molar-refractivity contribution in [2.45, 2.75) is 4.90 Å². The number of ether oxygens (including phenoxy) is 1. The highest BCUT2D eigenvalue weighted by atomic mass is 32.2. The van der Waals surface area contributed by atoms with Gasteiger partial charge in [-0.15, -0.1) is 16.4 Å². The molecule has 0 saturated heterocycles. The predicted octanol–water partition coefficient (Wildman–Crippen LogP) is 2.14. The van der Waals surface area contributed by atoms with Crippen molar-refractivity contribution in [2.24, 2.45) is 0 Å². The first-order chi connectivity index (χ1) is 14.0. The first-order valence-electron chi connectivity index (χ1n) is 8.09. The van der Waals surface area contributed by atoms with Gasteiger partial charge in [0.05, 0.1) is 16.1 Å². The summed E-state index contributed by atoms with van der Waals surface area (Å²) in [5, 5.41) is 12.8. The average molecular weight is 428 g/mol. The zero-order chi connectivity index (χ0) is 20.3. The molecule has 0 aliphatic heterocycles. The number of nitrogens with zero attached hydrogens (tertiary/aromatic N) is 5. The Morgan fingerprint density at radius 1 is 1.07 bits per heavy atom. The quantitative estimate of drug-likeness (QED) is 0.365. The van der Waals surface area contributed by atoms with E-state index in [4.69, 9.17) is 4.74 Å². The molecular weight excluding hydrogens is 416 g/mol. The molecule has 0 spiro atoms. The molecule has 2 aromatic carbocycles. The maximum atomic E-state index is 12.3. The topological polar surface area (TPSA) is 129 Å². The van der Waals surface area contributed by atoms with Crippen LogP contribution >= 0.6 is 11.3 Å². The second kappa shape index (κ2) is 7.77. The molecule has 0 atom stereocenters. The average Bonchev–Trinajstić information content (AvgIpc) is 3.43. The third kappa shape index (κ3) is 4.28. The number of carbonyl (C=O) groups excluding carboxylic acids is 1. The van der Waals surface area contributed by atoms with Crippen LogP contribution in [0.4, 0.5) is 5.13 Å². The fraction of sp³-hybridized carbons (Fsp3) is 0. The number of thiazole rings is 1. The maximum Gasteiger partial charge on any atom is 0.343 e. The molecule has 0 bridgehead atoms. The van der Waals surface area contributed by atoms with Gasteiger partial charge in [0, 0.05) is 11.6 Å². The highest BCUT2D eigenvalue weighted by molar-refractivity contribution is 7.93. The molecule has 12 heteroatoms. The number of hydrogen-bond donors (Lipinski definition) is 1. The van der Waals surface area contributed by atoms with Crippen LogP contribution in [0.5, 0.6) is 5.75 Å². The molecule has 146 valence electrons. The van der Waals surface area contributed by atoms with Crippen LogP contribution < -0.4 is 9.46 Å². The third-order valence-corrected chi connectivity index (χ3v) is 5.89. The van der Waals surface area contributed by atoms with Gasteiger partial charge in [-0.05, 0) is 59.0 Å². The number of tetrazole rings is 1. The van der Waals surface area contributed by atoms with Crippen LogP contribution in [0.25, 0.3) is 5.69 Å². The number of benzene rings is 2. The second-order valence-corrected chi connectivity index (χ2v) is 8.18. The summed E-state index contributed by atoms with van der Waals surface area (Å²) in [6.45, 7) is 0. The summed E-state index contributed by atoms with van der Waals surface area (Å²) < 4.78 is 33.8. The predicted molar refractivity (Wildman–Crippen MR) is 103 cm³/mol. The Bertz CT molecular complexity index is 1210. The molecule has 0 radical (unpaired) electrons. The van der Waals surface area contributed by atoms with Crippen molar-refractivity contribution >= 4 is 32.5 Å². The van der Waals surface area contributed by atoms with Gasteiger partial charge in [-0.25, -0.2) is 22.9 Å². The minimum Gasteiger partial charge on any atom is -0.423 e. The molecule has 4 aromatic rings. The van der Waals surface area contributed by atoms with Crippen molar-refractivity contribution in [1.29, 1.82) is 0 Å². The van der Waals surface area contributed by atoms with Crippen molar-refractivity contribution in [1.82, 2.24) is 25.2 Å². The molecular formula is C17H12N6O4S2. The normalized spacial score (nSPS) is 11.2. The first kappa shape index (κ1) is 18.7. The number of esters is 1. The summed E-state index contributed by atoms with van der Waals surface area (Å²) >= 11 is 1.17. The SMILES string of the molecule is O=C(Oc1ccc(-n2cnnn2)cc1)c1ccc(S(=O)(=O)Nc2nccs2)cc1. The number of aromatic nitrogens is 5. The van der Waals surface area contributed by atoms with Gasteiger partial charge in [-0.2, -0.15) is 0 Å². The van der Waals surface area contributed by atoms with Gasteiger partial charge in [0.15, 0.2) is 5.13 Å². The molecule has 29 heavy (non-hydrogen) atoms. The van der Waals surface area contributed by atoms with E-state index in [1.165, 1.54) is 52.8 Å². The highest BCUT2D eigenvalue weighted by Gasteiger charge is 2.17. The van der Waals surface area contributed by atoms with E-state index >= 15 is 0 Å². The molecule has 10 nitrogen and oxygen atoms in total. The summed E-state index contributed by atoms with van der Waals surface area (Å²) in [4.78, 5) is 16.2. The number of carbonyl (C=O) groups is 1. The molecule has 2 heterocycles. The molecule has 0 aliphatic rings. The minimum atomic E-state index is -3.78. The largest absolute Gasteiger partial charge is 0.423 e. The van der Waals surface area contributed by atoms with Crippen LogP contribution in [0.3, 0.4) is 0 Å². The second-order valence-electron chi connectivity index (χ2n) is 5.60. The molecule has 0 fully saturated rings. The Morgan fingerprint density at radius 2 is 1.83 bits per heavy atom. The van der Waals surface area contributed by atoms with Gasteiger partial charge in [-0.1, -0.05) is 0 Å². The lowest BCUT2D eigenvalue weighted by atomic mass is 10.2. The third-order valence-electron chi connectivity index (χ3n) is 3.72. The van der Waals surface area contributed by atoms with Crippen molar-refractivity contribution in [2.75, 3.05) is 4.72 Å². The van der Waals surface area contributed by atoms with Crippen molar-refractivity contribution in [3.8, 4) is 11.4 Å². The molecule has 2 aromatic heterocycles. The lowest BCUT2D eigenvalue weighted by molar-refractivity contribution is 0.0734. The zero-order valence-electron chi connectivity index (χ0n) is 14.5. The summed E-state index contributed by atoms with van der Waals surface area (Å²) in [5.41, 5.74) is 0.917. The van der Waals surface area contributed by atoms with Crippen molar-refractivity contribution in [3.05, 3.63) is 72.0 Å². The standard InChI is InChI=1S/C17H12N6O4S2/c24-16(27-14-5-3-13(4-6-14)23-11-19-21-22-23)12-1-7-15(8-2-12)29(25,26)20-17-18-9-10-28-17/h1-11H,(H,18,20). The van der Waals surface area contributed by atoms with E-state index in [9.17, 15) is 13.2 Å². The van der Waals surface area contributed by atoms with E-state index in [0.29, 0.717) is 11.4 Å². The van der Waals surface area contributed by atoms with Crippen LogP contribution in [-0.2, 0) is 10.0 Å². The molecule has 1 N–H and O–H groups in total. The lowest BCUT2D eigenvalue weighted by Crippen LogP contribution is -2.13. The van der Waals surface area contributed by atoms with Crippen LogP contribution in [0.1, 0.15) is 10.4 Å². The van der Waals surface area contributed by atoms with E-state index in [2.05, 4.69) is 25.2 Å². The smallest absolute Gasteiger partial charge is 0.343 e. The van der Waals surface area contributed by atoms with E-state index in [0.717, 1.165) is 0 Å². The lowest BCUT2D eigenvalue weighted by Gasteiger charge is -2.07. The molecule has 0 unspecified atom stereocenters. The van der Waals surface area contributed by atoms with Gasteiger partial charge < -0.3 is 4.74 Å². The van der Waals surface area contributed by atoms with Gasteiger partial charge in [0.1, 0.15) is 12.1 Å². The molecule has 4 rings (SSSR count). The summed E-state index contributed by atoms with van der Waals surface area (Å²) in [7, 11) is -3.78. The number of rotatable bonds is 6. The van der Waals surface area contributed by atoms with Gasteiger partial charge in [0.25, 0.3) is 10.0 Å². The fourth-order valence-electron chi connectivity index (χ4n) is 2.33. The number of sulfonamides is 1. The number of anilines is 1. The number of nitrogens with one attached hydrogen (secondary N) is 1. The van der Waals surface area contributed by atoms with Crippen LogP contribution in [0.15, 0.2) is 71.3 Å². The van der Waals surface area contributed by atoms with Gasteiger partial charge >= 0.3 is 5.97 Å². The molecule has 0 amide bonds. The molecule has 0 saturated carbocycles. The highest BCUT2D eigenvalue weighted by Crippen LogP contribution is 2.20. The van der Waals surface area contributed by atoms with Crippen molar-refractivity contribution in [3.63, 3.8) is 0 Å². The first-order valence-corrected chi connectivity index (χ1v) is 10.5. The summed E-state index contributed by atoms with van der Waals surface area (Å²) in [6, 6.07) is 12.0. The molecule has 0 aliphatic carbocycles. The Balaban J connectivity index is 1.44. The Morgan fingerprint density at radius 3 is 2.45 bits per heavy atom.